The highest BCUT2D eigenvalue weighted by Gasteiger charge is 2.30. The predicted molar refractivity (Wildman–Crippen MR) is 147 cm³/mol. The molecule has 0 aliphatic heterocycles. The zero-order valence-electron chi connectivity index (χ0n) is 22.0. The fourth-order valence-electron chi connectivity index (χ4n) is 3.87. The molecule has 2 rings (SSSR count). The summed E-state index contributed by atoms with van der Waals surface area (Å²) in [6.45, 7) is 9.91. The van der Waals surface area contributed by atoms with Gasteiger partial charge < -0.3 is 10.2 Å². The average molecular weight is 536 g/mol. The van der Waals surface area contributed by atoms with Crippen LogP contribution in [0.2, 0.25) is 5.02 Å². The predicted octanol–water partition coefficient (Wildman–Crippen LogP) is 4.92. The van der Waals surface area contributed by atoms with Gasteiger partial charge in [-0.3, -0.25) is 13.9 Å². The second-order valence-corrected chi connectivity index (χ2v) is 12.4. The van der Waals surface area contributed by atoms with Gasteiger partial charge in [-0.05, 0) is 70.4 Å². The van der Waals surface area contributed by atoms with Crippen molar-refractivity contribution in [3.63, 3.8) is 0 Å². The molecule has 0 spiro atoms. The van der Waals surface area contributed by atoms with Crippen LogP contribution >= 0.6 is 11.6 Å². The Hall–Kier alpha value is -2.58. The summed E-state index contributed by atoms with van der Waals surface area (Å²) in [6.07, 6.45) is 2.02. The van der Waals surface area contributed by atoms with E-state index in [2.05, 4.69) is 5.32 Å². The van der Waals surface area contributed by atoms with Gasteiger partial charge in [-0.15, -0.1) is 0 Å². The number of hydrogen-bond donors (Lipinski definition) is 1. The number of hydrogen-bond acceptors (Lipinski definition) is 4. The number of nitrogens with one attached hydrogen (secondary N) is 1. The second-order valence-electron chi connectivity index (χ2n) is 10.1. The average Bonchev–Trinajstić information content (AvgIpc) is 2.76. The molecule has 2 aromatic rings. The maximum absolute atomic E-state index is 13.4. The Morgan fingerprint density at radius 3 is 2.11 bits per heavy atom. The molecule has 198 valence electrons. The second kappa shape index (κ2) is 12.6. The number of amides is 2. The van der Waals surface area contributed by atoms with Crippen LogP contribution < -0.4 is 9.62 Å². The van der Waals surface area contributed by atoms with Gasteiger partial charge in [0.1, 0.15) is 6.04 Å². The van der Waals surface area contributed by atoms with E-state index in [1.54, 1.807) is 29.2 Å². The lowest BCUT2D eigenvalue weighted by Crippen LogP contribution is -2.53. The van der Waals surface area contributed by atoms with Crippen LogP contribution in [-0.2, 0) is 26.2 Å². The van der Waals surface area contributed by atoms with Crippen LogP contribution in [0.15, 0.2) is 48.5 Å². The Morgan fingerprint density at radius 2 is 1.61 bits per heavy atom. The van der Waals surface area contributed by atoms with E-state index in [9.17, 15) is 18.0 Å². The molecule has 9 heteroatoms. The van der Waals surface area contributed by atoms with E-state index in [4.69, 9.17) is 11.6 Å². The summed E-state index contributed by atoms with van der Waals surface area (Å²) in [4.78, 5) is 28.1. The standard InChI is InChI=1S/C27H38ClN3O4S/c1-7-24(26(33)29-27(3,4)5)30(19-21-12-14-22(28)15-13-21)25(32)9-8-18-31(36(6,34)35)23-16-10-20(2)11-17-23/h10-17,24H,7-9,18-19H2,1-6H3,(H,29,33)/t24-/m0/s1. The fraction of sp³-hybridized carbons (Fsp3) is 0.481. The molecule has 0 saturated carbocycles. The van der Waals surface area contributed by atoms with Crippen molar-refractivity contribution in [2.24, 2.45) is 0 Å². The van der Waals surface area contributed by atoms with Gasteiger partial charge in [0.2, 0.25) is 21.8 Å². The Balaban J connectivity index is 2.22. The quantitative estimate of drug-likeness (QED) is 0.442. The molecule has 0 heterocycles. The highest BCUT2D eigenvalue weighted by Crippen LogP contribution is 2.21. The van der Waals surface area contributed by atoms with Gasteiger partial charge in [0.25, 0.3) is 0 Å². The molecule has 36 heavy (non-hydrogen) atoms. The number of sulfonamides is 1. The van der Waals surface area contributed by atoms with Crippen molar-refractivity contribution in [3.05, 3.63) is 64.7 Å². The maximum atomic E-state index is 13.4. The van der Waals surface area contributed by atoms with Crippen LogP contribution in [-0.4, -0.2) is 49.5 Å². The van der Waals surface area contributed by atoms with Crippen molar-refractivity contribution in [2.75, 3.05) is 17.1 Å². The van der Waals surface area contributed by atoms with Gasteiger partial charge in [0, 0.05) is 30.1 Å². The van der Waals surface area contributed by atoms with E-state index < -0.39 is 21.6 Å². The molecule has 2 amide bonds. The summed E-state index contributed by atoms with van der Waals surface area (Å²) >= 11 is 6.02. The summed E-state index contributed by atoms with van der Waals surface area (Å²) in [5.74, 6) is -0.428. The van der Waals surface area contributed by atoms with Gasteiger partial charge in [-0.2, -0.15) is 0 Å². The number of nitrogens with zero attached hydrogens (tertiary/aromatic N) is 2. The number of benzene rings is 2. The molecule has 0 aliphatic carbocycles. The van der Waals surface area contributed by atoms with E-state index in [1.807, 2.05) is 58.9 Å². The van der Waals surface area contributed by atoms with E-state index in [0.29, 0.717) is 23.6 Å². The van der Waals surface area contributed by atoms with Gasteiger partial charge in [-0.1, -0.05) is 48.4 Å². The van der Waals surface area contributed by atoms with Crippen molar-refractivity contribution in [2.45, 2.75) is 72.0 Å². The lowest BCUT2D eigenvalue weighted by atomic mass is 10.0. The Bertz CT molecular complexity index is 1130. The summed E-state index contributed by atoms with van der Waals surface area (Å²) in [6, 6.07) is 13.7. The van der Waals surface area contributed by atoms with Crippen LogP contribution in [0.1, 0.15) is 58.1 Å². The third-order valence-corrected chi connectivity index (χ3v) is 7.07. The number of carbonyl (C=O) groups is 2. The molecule has 0 saturated heterocycles. The Morgan fingerprint density at radius 1 is 1.03 bits per heavy atom. The SMILES string of the molecule is CC[C@@H](C(=O)NC(C)(C)C)N(Cc1ccc(Cl)cc1)C(=O)CCCN(c1ccc(C)cc1)S(C)(=O)=O. The number of halogens is 1. The summed E-state index contributed by atoms with van der Waals surface area (Å²) < 4.78 is 26.2. The van der Waals surface area contributed by atoms with Gasteiger partial charge in [-0.25, -0.2) is 8.42 Å². The molecule has 0 radical (unpaired) electrons. The largest absolute Gasteiger partial charge is 0.350 e. The van der Waals surface area contributed by atoms with Gasteiger partial charge >= 0.3 is 0 Å². The molecule has 2 aromatic carbocycles. The van der Waals surface area contributed by atoms with E-state index >= 15 is 0 Å². The monoisotopic (exact) mass is 535 g/mol. The van der Waals surface area contributed by atoms with Crippen LogP contribution in [0.5, 0.6) is 0 Å². The number of aryl methyl sites for hydroxylation is 1. The van der Waals surface area contributed by atoms with Crippen LogP contribution in [0.25, 0.3) is 0 Å². The van der Waals surface area contributed by atoms with Crippen molar-refractivity contribution >= 4 is 39.1 Å². The smallest absolute Gasteiger partial charge is 0.243 e. The van der Waals surface area contributed by atoms with Gasteiger partial charge in [0.05, 0.1) is 11.9 Å². The minimum Gasteiger partial charge on any atom is -0.350 e. The molecule has 0 unspecified atom stereocenters. The number of anilines is 1. The van der Waals surface area contributed by atoms with Crippen molar-refractivity contribution in [1.82, 2.24) is 10.2 Å². The lowest BCUT2D eigenvalue weighted by molar-refractivity contribution is -0.142. The molecule has 0 aromatic heterocycles. The first-order valence-corrected chi connectivity index (χ1v) is 14.3. The highest BCUT2D eigenvalue weighted by atomic mass is 35.5. The van der Waals surface area contributed by atoms with Crippen molar-refractivity contribution in [1.29, 1.82) is 0 Å². The molecular formula is C27H38ClN3O4S. The highest BCUT2D eigenvalue weighted by molar-refractivity contribution is 7.92. The Labute approximate surface area is 220 Å². The van der Waals surface area contributed by atoms with E-state index in [1.165, 1.54) is 4.31 Å². The molecule has 0 aliphatic rings. The molecule has 1 atom stereocenters. The molecular weight excluding hydrogens is 498 g/mol. The number of rotatable bonds is 11. The lowest BCUT2D eigenvalue weighted by Gasteiger charge is -2.33. The molecule has 0 fully saturated rings. The third-order valence-electron chi connectivity index (χ3n) is 5.62. The first-order chi connectivity index (χ1) is 16.7. The maximum Gasteiger partial charge on any atom is 0.243 e. The van der Waals surface area contributed by atoms with Crippen molar-refractivity contribution in [3.8, 4) is 0 Å². The van der Waals surface area contributed by atoms with E-state index in [-0.39, 0.29) is 31.3 Å². The van der Waals surface area contributed by atoms with Crippen LogP contribution in [0.3, 0.4) is 0 Å². The zero-order valence-corrected chi connectivity index (χ0v) is 23.6. The van der Waals surface area contributed by atoms with Crippen molar-refractivity contribution < 1.29 is 18.0 Å². The Kier molecular flexibility index (Phi) is 10.4. The molecule has 7 nitrogen and oxygen atoms in total. The normalized spacial score (nSPS) is 12.6. The topological polar surface area (TPSA) is 86.8 Å². The fourth-order valence-corrected chi connectivity index (χ4v) is 4.97. The van der Waals surface area contributed by atoms with Gasteiger partial charge in [0.15, 0.2) is 0 Å². The minimum absolute atomic E-state index is 0.102. The molecule has 1 N–H and O–H groups in total. The number of carbonyl (C=O) groups excluding carboxylic acids is 2. The summed E-state index contributed by atoms with van der Waals surface area (Å²) in [7, 11) is -3.52. The third kappa shape index (κ3) is 9.13. The minimum atomic E-state index is -3.52. The summed E-state index contributed by atoms with van der Waals surface area (Å²) in [5.41, 5.74) is 2.00. The first-order valence-electron chi connectivity index (χ1n) is 12.1. The van der Waals surface area contributed by atoms with Crippen LogP contribution in [0, 0.1) is 6.92 Å². The summed E-state index contributed by atoms with van der Waals surface area (Å²) in [5, 5.41) is 3.57. The van der Waals surface area contributed by atoms with E-state index in [0.717, 1.165) is 17.4 Å². The first kappa shape index (κ1) is 29.6. The zero-order chi connectivity index (χ0) is 27.1. The molecule has 0 bridgehead atoms. The van der Waals surface area contributed by atoms with Crippen LogP contribution in [0.4, 0.5) is 5.69 Å².